The summed E-state index contributed by atoms with van der Waals surface area (Å²) in [5.74, 6) is 0. The van der Waals surface area contributed by atoms with Crippen LogP contribution in [0.4, 0.5) is 0 Å². The lowest BCUT2D eigenvalue weighted by Gasteiger charge is -2.04. The zero-order chi connectivity index (χ0) is 9.84. The highest BCUT2D eigenvalue weighted by atomic mass is 35.5. The molecule has 1 rings (SSSR count). The molecule has 0 saturated carbocycles. The maximum atomic E-state index is 9.44. The SMILES string of the molecule is [N-]=[N+]=NCC(O)c1cc(Cl)sc1Cl. The number of aliphatic hydroxyl groups excluding tert-OH is 1. The van der Waals surface area contributed by atoms with Gasteiger partial charge in [0, 0.05) is 10.5 Å². The van der Waals surface area contributed by atoms with Crippen LogP contribution < -0.4 is 0 Å². The molecule has 0 radical (unpaired) electrons. The van der Waals surface area contributed by atoms with Gasteiger partial charge in [-0.3, -0.25) is 0 Å². The van der Waals surface area contributed by atoms with Gasteiger partial charge in [-0.25, -0.2) is 0 Å². The second-order valence-electron chi connectivity index (χ2n) is 2.21. The molecular formula is C6H5Cl2N3OS. The van der Waals surface area contributed by atoms with Crippen molar-refractivity contribution >= 4 is 34.5 Å². The lowest BCUT2D eigenvalue weighted by molar-refractivity contribution is 0.187. The molecule has 70 valence electrons. The summed E-state index contributed by atoms with van der Waals surface area (Å²) in [5, 5.41) is 12.7. The first kappa shape index (κ1) is 10.6. The van der Waals surface area contributed by atoms with Crippen LogP contribution in [0.3, 0.4) is 0 Å². The lowest BCUT2D eigenvalue weighted by Crippen LogP contribution is -1.99. The van der Waals surface area contributed by atoms with E-state index >= 15 is 0 Å². The second kappa shape index (κ2) is 4.69. The van der Waals surface area contributed by atoms with E-state index in [1.54, 1.807) is 6.07 Å². The third-order valence-corrected chi connectivity index (χ3v) is 2.88. The van der Waals surface area contributed by atoms with Crippen molar-refractivity contribution in [1.29, 1.82) is 0 Å². The predicted molar refractivity (Wildman–Crippen MR) is 53.3 cm³/mol. The van der Waals surface area contributed by atoms with E-state index in [0.29, 0.717) is 14.2 Å². The molecule has 0 saturated heterocycles. The van der Waals surface area contributed by atoms with E-state index in [1.807, 2.05) is 0 Å². The quantitative estimate of drug-likeness (QED) is 0.489. The van der Waals surface area contributed by atoms with Gasteiger partial charge in [0.2, 0.25) is 0 Å². The fourth-order valence-corrected chi connectivity index (χ4v) is 2.36. The monoisotopic (exact) mass is 237 g/mol. The van der Waals surface area contributed by atoms with Crippen LogP contribution in [0.1, 0.15) is 11.7 Å². The normalized spacial score (nSPS) is 12.2. The molecule has 1 atom stereocenters. The molecule has 0 aliphatic carbocycles. The van der Waals surface area contributed by atoms with E-state index in [4.69, 9.17) is 28.7 Å². The fourth-order valence-electron chi connectivity index (χ4n) is 0.792. The third-order valence-electron chi connectivity index (χ3n) is 1.36. The molecule has 1 heterocycles. The molecule has 0 aliphatic rings. The van der Waals surface area contributed by atoms with Crippen LogP contribution in [0.25, 0.3) is 10.4 Å². The molecule has 1 aromatic rings. The average molecular weight is 238 g/mol. The van der Waals surface area contributed by atoms with Crippen molar-refractivity contribution in [2.24, 2.45) is 5.11 Å². The lowest BCUT2D eigenvalue weighted by atomic mass is 10.2. The van der Waals surface area contributed by atoms with Crippen LogP contribution in [0.5, 0.6) is 0 Å². The van der Waals surface area contributed by atoms with Gasteiger partial charge in [-0.2, -0.15) is 0 Å². The highest BCUT2D eigenvalue weighted by molar-refractivity contribution is 7.20. The van der Waals surface area contributed by atoms with Crippen molar-refractivity contribution in [3.63, 3.8) is 0 Å². The van der Waals surface area contributed by atoms with Crippen LogP contribution in [-0.4, -0.2) is 11.7 Å². The van der Waals surface area contributed by atoms with Gasteiger partial charge in [0.1, 0.15) is 4.34 Å². The number of aliphatic hydroxyl groups is 1. The van der Waals surface area contributed by atoms with E-state index in [2.05, 4.69) is 10.0 Å². The number of halogens is 2. The van der Waals surface area contributed by atoms with Crippen LogP contribution in [0.15, 0.2) is 11.2 Å². The van der Waals surface area contributed by atoms with Gasteiger partial charge in [-0.15, -0.1) is 11.3 Å². The number of thiophene rings is 1. The Labute approximate surface area is 88.3 Å². The molecule has 7 heteroatoms. The van der Waals surface area contributed by atoms with Crippen LogP contribution in [0.2, 0.25) is 8.67 Å². The summed E-state index contributed by atoms with van der Waals surface area (Å²) >= 11 is 12.6. The fraction of sp³-hybridized carbons (Fsp3) is 0.333. The van der Waals surface area contributed by atoms with Crippen LogP contribution in [-0.2, 0) is 0 Å². The third kappa shape index (κ3) is 2.76. The maximum Gasteiger partial charge on any atom is 0.100 e. The molecule has 13 heavy (non-hydrogen) atoms. The Morgan fingerprint density at radius 1 is 1.69 bits per heavy atom. The zero-order valence-corrected chi connectivity index (χ0v) is 8.64. The average Bonchev–Trinajstić information content (AvgIpc) is 2.41. The van der Waals surface area contributed by atoms with Crippen LogP contribution >= 0.6 is 34.5 Å². The first-order chi connectivity index (χ1) is 6.15. The topological polar surface area (TPSA) is 69.0 Å². The minimum absolute atomic E-state index is 0.0384. The molecule has 0 spiro atoms. The number of nitrogens with zero attached hydrogens (tertiary/aromatic N) is 3. The van der Waals surface area contributed by atoms with Gasteiger partial charge in [-0.05, 0) is 11.6 Å². The summed E-state index contributed by atoms with van der Waals surface area (Å²) < 4.78 is 0.922. The van der Waals surface area contributed by atoms with Crippen molar-refractivity contribution < 1.29 is 5.11 Å². The Balaban J connectivity index is 2.81. The second-order valence-corrected chi connectivity index (χ2v) is 4.49. The highest BCUT2D eigenvalue weighted by Gasteiger charge is 2.13. The van der Waals surface area contributed by atoms with Gasteiger partial charge in [0.15, 0.2) is 0 Å². The Bertz CT molecular complexity index is 348. The first-order valence-electron chi connectivity index (χ1n) is 3.28. The van der Waals surface area contributed by atoms with Gasteiger partial charge in [0.25, 0.3) is 0 Å². The number of hydrogen-bond donors (Lipinski definition) is 1. The number of hydrogen-bond acceptors (Lipinski definition) is 3. The summed E-state index contributed by atoms with van der Waals surface area (Å²) in [6, 6.07) is 1.56. The molecule has 0 amide bonds. The molecular weight excluding hydrogens is 233 g/mol. The van der Waals surface area contributed by atoms with Crippen molar-refractivity contribution in [1.82, 2.24) is 0 Å². The summed E-state index contributed by atoms with van der Waals surface area (Å²) in [5.41, 5.74) is 8.53. The van der Waals surface area contributed by atoms with Gasteiger partial charge in [0.05, 0.1) is 17.0 Å². The Hall–Kier alpha value is -0.450. The Kier molecular flexibility index (Phi) is 3.84. The largest absolute Gasteiger partial charge is 0.388 e. The smallest absolute Gasteiger partial charge is 0.100 e. The Morgan fingerprint density at radius 3 is 2.85 bits per heavy atom. The van der Waals surface area contributed by atoms with Crippen LogP contribution in [0, 0.1) is 0 Å². The number of azide groups is 1. The molecule has 0 aromatic carbocycles. The summed E-state index contributed by atoms with van der Waals surface area (Å²) in [7, 11) is 0. The van der Waals surface area contributed by atoms with Gasteiger partial charge < -0.3 is 5.11 Å². The predicted octanol–water partition coefficient (Wildman–Crippen LogP) is 3.40. The molecule has 1 N–H and O–H groups in total. The summed E-state index contributed by atoms with van der Waals surface area (Å²) in [4.78, 5) is 2.53. The van der Waals surface area contributed by atoms with Gasteiger partial charge >= 0.3 is 0 Å². The Morgan fingerprint density at radius 2 is 2.38 bits per heavy atom. The molecule has 1 aromatic heterocycles. The molecule has 0 aliphatic heterocycles. The van der Waals surface area contributed by atoms with Crippen molar-refractivity contribution in [3.8, 4) is 0 Å². The van der Waals surface area contributed by atoms with Crippen molar-refractivity contribution in [2.45, 2.75) is 6.10 Å². The van der Waals surface area contributed by atoms with E-state index in [9.17, 15) is 5.11 Å². The molecule has 0 fully saturated rings. The molecule has 1 unspecified atom stereocenters. The van der Waals surface area contributed by atoms with E-state index in [-0.39, 0.29) is 6.54 Å². The van der Waals surface area contributed by atoms with E-state index < -0.39 is 6.10 Å². The van der Waals surface area contributed by atoms with E-state index in [1.165, 1.54) is 11.3 Å². The van der Waals surface area contributed by atoms with Gasteiger partial charge in [-0.1, -0.05) is 28.3 Å². The van der Waals surface area contributed by atoms with E-state index in [0.717, 1.165) is 0 Å². The summed E-state index contributed by atoms with van der Waals surface area (Å²) in [6.45, 7) is -0.0384. The minimum atomic E-state index is -0.882. The minimum Gasteiger partial charge on any atom is -0.388 e. The maximum absolute atomic E-state index is 9.44. The van der Waals surface area contributed by atoms with Crippen molar-refractivity contribution in [2.75, 3.05) is 6.54 Å². The highest BCUT2D eigenvalue weighted by Crippen LogP contribution is 2.34. The van der Waals surface area contributed by atoms with Crippen molar-refractivity contribution in [3.05, 3.63) is 30.7 Å². The molecule has 0 bridgehead atoms. The molecule has 4 nitrogen and oxygen atoms in total. The standard InChI is InChI=1S/C6H5Cl2N3OS/c7-5-1-3(6(8)13-5)4(12)2-10-11-9/h1,4,12H,2H2. The first-order valence-corrected chi connectivity index (χ1v) is 4.86. The zero-order valence-electron chi connectivity index (χ0n) is 6.31. The number of rotatable bonds is 3. The summed E-state index contributed by atoms with van der Waals surface area (Å²) in [6.07, 6.45) is -0.882.